The molecule has 0 radical (unpaired) electrons. The van der Waals surface area contributed by atoms with Crippen LogP contribution in [0.5, 0.6) is 5.75 Å². The van der Waals surface area contributed by atoms with E-state index in [0.717, 1.165) is 17.2 Å². The molecular formula is C15H17FN2O. The predicted octanol–water partition coefficient (Wildman–Crippen LogP) is 3.09. The highest BCUT2D eigenvalue weighted by molar-refractivity contribution is 5.30. The number of hydrogen-bond acceptors (Lipinski definition) is 3. The van der Waals surface area contributed by atoms with Gasteiger partial charge in [0.2, 0.25) is 0 Å². The van der Waals surface area contributed by atoms with E-state index in [4.69, 9.17) is 0 Å². The summed E-state index contributed by atoms with van der Waals surface area (Å²) in [6.07, 6.45) is 3.55. The third-order valence-electron chi connectivity index (χ3n) is 3.19. The molecule has 1 heterocycles. The summed E-state index contributed by atoms with van der Waals surface area (Å²) in [5, 5.41) is 12.5. The second-order valence-electron chi connectivity index (χ2n) is 4.61. The van der Waals surface area contributed by atoms with Crippen molar-refractivity contribution in [3.05, 3.63) is 59.2 Å². The van der Waals surface area contributed by atoms with E-state index in [0.29, 0.717) is 12.1 Å². The standard InChI is InChI=1S/C15H17FN2O/c1-10-8-17-6-5-12(10)9-18-11(2)14-4-3-13(19)7-15(14)16/h3-8,11,18-19H,9H2,1-2H3. The Morgan fingerprint density at radius 3 is 2.84 bits per heavy atom. The van der Waals surface area contributed by atoms with Crippen LogP contribution in [0.25, 0.3) is 0 Å². The molecule has 2 aromatic rings. The van der Waals surface area contributed by atoms with Crippen molar-refractivity contribution in [2.75, 3.05) is 0 Å². The maximum absolute atomic E-state index is 13.7. The molecule has 2 N–H and O–H groups in total. The fourth-order valence-corrected chi connectivity index (χ4v) is 1.94. The molecule has 0 fully saturated rings. The molecule has 4 heteroatoms. The van der Waals surface area contributed by atoms with Gasteiger partial charge in [0.25, 0.3) is 0 Å². The summed E-state index contributed by atoms with van der Waals surface area (Å²) in [5.41, 5.74) is 2.79. The fraction of sp³-hybridized carbons (Fsp3) is 0.267. The predicted molar refractivity (Wildman–Crippen MR) is 72.3 cm³/mol. The van der Waals surface area contributed by atoms with Gasteiger partial charge in [0.1, 0.15) is 11.6 Å². The molecule has 1 unspecified atom stereocenters. The van der Waals surface area contributed by atoms with Crippen molar-refractivity contribution in [1.29, 1.82) is 0 Å². The number of rotatable bonds is 4. The van der Waals surface area contributed by atoms with E-state index in [-0.39, 0.29) is 11.8 Å². The molecule has 1 aromatic heterocycles. The minimum absolute atomic E-state index is 0.0570. The fourth-order valence-electron chi connectivity index (χ4n) is 1.94. The van der Waals surface area contributed by atoms with Gasteiger partial charge in [0.15, 0.2) is 0 Å². The topological polar surface area (TPSA) is 45.2 Å². The van der Waals surface area contributed by atoms with Crippen molar-refractivity contribution >= 4 is 0 Å². The third kappa shape index (κ3) is 3.29. The Morgan fingerprint density at radius 1 is 1.37 bits per heavy atom. The number of phenols is 1. The van der Waals surface area contributed by atoms with Crippen LogP contribution >= 0.6 is 0 Å². The number of aromatic nitrogens is 1. The Hall–Kier alpha value is -1.94. The highest BCUT2D eigenvalue weighted by Crippen LogP contribution is 2.21. The van der Waals surface area contributed by atoms with Gasteiger partial charge in [0.05, 0.1) is 0 Å². The van der Waals surface area contributed by atoms with Crippen LogP contribution in [0.15, 0.2) is 36.7 Å². The molecule has 0 bridgehead atoms. The molecule has 19 heavy (non-hydrogen) atoms. The normalized spacial score (nSPS) is 12.4. The van der Waals surface area contributed by atoms with Crippen molar-refractivity contribution < 1.29 is 9.50 Å². The Bertz CT molecular complexity index is 572. The van der Waals surface area contributed by atoms with Gasteiger partial charge in [-0.3, -0.25) is 4.98 Å². The zero-order valence-electron chi connectivity index (χ0n) is 11.0. The second kappa shape index (κ2) is 5.80. The molecule has 100 valence electrons. The van der Waals surface area contributed by atoms with Crippen molar-refractivity contribution in [1.82, 2.24) is 10.3 Å². The molecular weight excluding hydrogens is 243 g/mol. The molecule has 1 aromatic carbocycles. The Kier molecular flexibility index (Phi) is 4.12. The van der Waals surface area contributed by atoms with Crippen molar-refractivity contribution in [2.45, 2.75) is 26.4 Å². The molecule has 0 aliphatic heterocycles. The van der Waals surface area contributed by atoms with Crippen LogP contribution < -0.4 is 5.32 Å². The average molecular weight is 260 g/mol. The van der Waals surface area contributed by atoms with Gasteiger partial charge in [-0.15, -0.1) is 0 Å². The van der Waals surface area contributed by atoms with Gasteiger partial charge < -0.3 is 10.4 Å². The van der Waals surface area contributed by atoms with E-state index in [1.807, 2.05) is 26.1 Å². The summed E-state index contributed by atoms with van der Waals surface area (Å²) in [6.45, 7) is 4.54. The molecule has 3 nitrogen and oxygen atoms in total. The summed E-state index contributed by atoms with van der Waals surface area (Å²) in [5.74, 6) is -0.454. The second-order valence-corrected chi connectivity index (χ2v) is 4.61. The quantitative estimate of drug-likeness (QED) is 0.888. The number of hydrogen-bond donors (Lipinski definition) is 2. The SMILES string of the molecule is Cc1cnccc1CNC(C)c1ccc(O)cc1F. The zero-order valence-corrected chi connectivity index (χ0v) is 11.0. The number of benzene rings is 1. The van der Waals surface area contributed by atoms with Gasteiger partial charge in [-0.2, -0.15) is 0 Å². The van der Waals surface area contributed by atoms with E-state index >= 15 is 0 Å². The minimum atomic E-state index is -0.397. The number of halogens is 1. The van der Waals surface area contributed by atoms with E-state index in [9.17, 15) is 9.50 Å². The molecule has 1 atom stereocenters. The van der Waals surface area contributed by atoms with Crippen LogP contribution in [-0.4, -0.2) is 10.1 Å². The van der Waals surface area contributed by atoms with Crippen LogP contribution in [-0.2, 0) is 6.54 Å². The van der Waals surface area contributed by atoms with Gasteiger partial charge in [-0.05, 0) is 37.1 Å². The number of phenolic OH excluding ortho intramolecular Hbond substituents is 1. The van der Waals surface area contributed by atoms with E-state index in [1.165, 1.54) is 6.07 Å². The summed E-state index contributed by atoms with van der Waals surface area (Å²) in [4.78, 5) is 4.04. The summed E-state index contributed by atoms with van der Waals surface area (Å²) >= 11 is 0. The first-order valence-electron chi connectivity index (χ1n) is 6.19. The highest BCUT2D eigenvalue weighted by atomic mass is 19.1. The molecule has 0 saturated carbocycles. The zero-order chi connectivity index (χ0) is 13.8. The molecule has 0 aliphatic rings. The lowest BCUT2D eigenvalue weighted by Gasteiger charge is -2.16. The van der Waals surface area contributed by atoms with Gasteiger partial charge in [0, 0.05) is 36.6 Å². The lowest BCUT2D eigenvalue weighted by atomic mass is 10.1. The first kappa shape index (κ1) is 13.5. The van der Waals surface area contributed by atoms with Crippen LogP contribution in [0.4, 0.5) is 4.39 Å². The molecule has 0 aliphatic carbocycles. The van der Waals surface area contributed by atoms with Crippen LogP contribution in [0.2, 0.25) is 0 Å². The van der Waals surface area contributed by atoms with Gasteiger partial charge in [-0.1, -0.05) is 6.07 Å². The summed E-state index contributed by atoms with van der Waals surface area (Å²) < 4.78 is 13.7. The Labute approximate surface area is 112 Å². The molecule has 0 amide bonds. The van der Waals surface area contributed by atoms with Gasteiger partial charge in [-0.25, -0.2) is 4.39 Å². The van der Waals surface area contributed by atoms with Gasteiger partial charge >= 0.3 is 0 Å². The number of nitrogens with zero attached hydrogens (tertiary/aromatic N) is 1. The number of pyridine rings is 1. The maximum Gasteiger partial charge on any atom is 0.131 e. The van der Waals surface area contributed by atoms with E-state index in [1.54, 1.807) is 12.3 Å². The first-order valence-corrected chi connectivity index (χ1v) is 6.19. The van der Waals surface area contributed by atoms with Crippen LogP contribution in [0.3, 0.4) is 0 Å². The molecule has 0 saturated heterocycles. The number of nitrogens with one attached hydrogen (secondary N) is 1. The van der Waals surface area contributed by atoms with Crippen molar-refractivity contribution in [3.63, 3.8) is 0 Å². The van der Waals surface area contributed by atoms with Crippen LogP contribution in [0, 0.1) is 12.7 Å². The van der Waals surface area contributed by atoms with E-state index < -0.39 is 5.82 Å². The average Bonchev–Trinajstić information content (AvgIpc) is 2.37. The Balaban J connectivity index is 2.05. The summed E-state index contributed by atoms with van der Waals surface area (Å²) in [6, 6.07) is 6.04. The lowest BCUT2D eigenvalue weighted by Crippen LogP contribution is -2.19. The molecule has 0 spiro atoms. The van der Waals surface area contributed by atoms with Crippen molar-refractivity contribution in [2.24, 2.45) is 0 Å². The number of aryl methyl sites for hydroxylation is 1. The Morgan fingerprint density at radius 2 is 2.16 bits per heavy atom. The third-order valence-corrected chi connectivity index (χ3v) is 3.19. The highest BCUT2D eigenvalue weighted by Gasteiger charge is 2.11. The first-order chi connectivity index (χ1) is 9.08. The summed E-state index contributed by atoms with van der Waals surface area (Å²) in [7, 11) is 0. The van der Waals surface area contributed by atoms with Crippen LogP contribution in [0.1, 0.15) is 29.7 Å². The maximum atomic E-state index is 13.7. The number of aromatic hydroxyl groups is 1. The molecule has 2 rings (SSSR count). The monoisotopic (exact) mass is 260 g/mol. The van der Waals surface area contributed by atoms with Crippen molar-refractivity contribution in [3.8, 4) is 5.75 Å². The smallest absolute Gasteiger partial charge is 0.131 e. The van der Waals surface area contributed by atoms with E-state index in [2.05, 4.69) is 10.3 Å². The minimum Gasteiger partial charge on any atom is -0.508 e. The largest absolute Gasteiger partial charge is 0.508 e. The lowest BCUT2D eigenvalue weighted by molar-refractivity contribution is 0.463.